The lowest BCUT2D eigenvalue weighted by Gasteiger charge is -2.38. The molecule has 0 radical (unpaired) electrons. The summed E-state index contributed by atoms with van der Waals surface area (Å²) in [5.41, 5.74) is 1.39. The van der Waals surface area contributed by atoms with Crippen LogP contribution in [0.5, 0.6) is 0 Å². The molecule has 0 spiro atoms. The molecule has 1 unspecified atom stereocenters. The lowest BCUT2D eigenvalue weighted by atomic mass is 10.0. The van der Waals surface area contributed by atoms with Gasteiger partial charge < -0.3 is 14.4 Å². The molecule has 0 aliphatic carbocycles. The molecular weight excluding hydrogens is 370 g/mol. The lowest BCUT2D eigenvalue weighted by molar-refractivity contribution is 0.121. The third-order valence-electron chi connectivity index (χ3n) is 6.10. The standard InChI is InChI=1S/C21H33N3O3Si/c1-21(2,3)28(5,6)27-18-10-11-24(14-18)15-19(23(4)20(25)26)17-9-7-8-16(12-17)13-22/h7-9,12,18-19H,10-11,14-15H2,1-6H3,(H,25,26)/t18?,19-/m1/s1. The van der Waals surface area contributed by atoms with Crippen molar-refractivity contribution in [2.75, 3.05) is 26.7 Å². The van der Waals surface area contributed by atoms with Gasteiger partial charge in [0, 0.05) is 26.7 Å². The third-order valence-corrected chi connectivity index (χ3v) is 10.6. The minimum absolute atomic E-state index is 0.171. The molecule has 1 aliphatic rings. The van der Waals surface area contributed by atoms with Gasteiger partial charge in [-0.15, -0.1) is 0 Å². The molecule has 1 fully saturated rings. The first-order chi connectivity index (χ1) is 12.9. The number of amides is 1. The predicted molar refractivity (Wildman–Crippen MR) is 113 cm³/mol. The minimum atomic E-state index is -1.82. The normalized spacial score (nSPS) is 19.2. The Balaban J connectivity index is 2.11. The number of carboxylic acid groups (broad SMARTS) is 1. The molecule has 0 aromatic heterocycles. The molecule has 2 atom stereocenters. The SMILES string of the molecule is CN(C(=O)O)[C@H](CN1CCC(O[Si](C)(C)C(C)(C)C)C1)c1cccc(C#N)c1. The number of nitriles is 1. The Morgan fingerprint density at radius 2 is 2.14 bits per heavy atom. The number of benzene rings is 1. The van der Waals surface area contributed by atoms with Crippen molar-refractivity contribution in [1.82, 2.24) is 9.80 Å². The molecule has 7 heteroatoms. The number of hydrogen-bond acceptors (Lipinski definition) is 4. The van der Waals surface area contributed by atoms with Crippen molar-refractivity contribution in [3.63, 3.8) is 0 Å². The van der Waals surface area contributed by atoms with Gasteiger partial charge in [0.15, 0.2) is 8.32 Å². The topological polar surface area (TPSA) is 76.8 Å². The van der Waals surface area contributed by atoms with Crippen molar-refractivity contribution in [2.45, 2.75) is 57.5 Å². The van der Waals surface area contributed by atoms with Crippen LogP contribution in [0, 0.1) is 11.3 Å². The summed E-state index contributed by atoms with van der Waals surface area (Å²) >= 11 is 0. The van der Waals surface area contributed by atoms with Crippen LogP contribution in [0.25, 0.3) is 0 Å². The van der Waals surface area contributed by atoms with Crippen molar-refractivity contribution in [3.8, 4) is 6.07 Å². The zero-order valence-electron chi connectivity index (χ0n) is 17.9. The van der Waals surface area contributed by atoms with Gasteiger partial charge in [-0.3, -0.25) is 4.90 Å². The average Bonchev–Trinajstić information content (AvgIpc) is 3.04. The predicted octanol–water partition coefficient (Wildman–Crippen LogP) is 4.31. The molecule has 28 heavy (non-hydrogen) atoms. The molecule has 154 valence electrons. The average molecular weight is 404 g/mol. The molecule has 0 saturated carbocycles. The molecule has 1 saturated heterocycles. The highest BCUT2D eigenvalue weighted by molar-refractivity contribution is 6.74. The fourth-order valence-electron chi connectivity index (χ4n) is 3.30. The van der Waals surface area contributed by atoms with Gasteiger partial charge >= 0.3 is 6.09 Å². The van der Waals surface area contributed by atoms with E-state index in [2.05, 4.69) is 44.8 Å². The molecule has 1 aliphatic heterocycles. The summed E-state index contributed by atoms with van der Waals surface area (Å²) in [5, 5.41) is 18.9. The van der Waals surface area contributed by atoms with E-state index in [1.807, 2.05) is 12.1 Å². The monoisotopic (exact) mass is 403 g/mol. The van der Waals surface area contributed by atoms with E-state index in [1.54, 1.807) is 19.2 Å². The molecule has 1 N–H and O–H groups in total. The first-order valence-electron chi connectivity index (χ1n) is 9.80. The van der Waals surface area contributed by atoms with Gasteiger partial charge in [-0.1, -0.05) is 32.9 Å². The van der Waals surface area contributed by atoms with Crippen molar-refractivity contribution >= 4 is 14.4 Å². The van der Waals surface area contributed by atoms with Crippen LogP contribution in [0.2, 0.25) is 18.1 Å². The smallest absolute Gasteiger partial charge is 0.407 e. The van der Waals surface area contributed by atoms with Gasteiger partial charge in [0.25, 0.3) is 0 Å². The third kappa shape index (κ3) is 5.34. The van der Waals surface area contributed by atoms with Crippen LogP contribution in [0.4, 0.5) is 4.79 Å². The van der Waals surface area contributed by atoms with Crippen LogP contribution < -0.4 is 0 Å². The van der Waals surface area contributed by atoms with Gasteiger partial charge in [-0.2, -0.15) is 5.26 Å². The second-order valence-corrected chi connectivity index (χ2v) is 14.0. The first-order valence-corrected chi connectivity index (χ1v) is 12.7. The van der Waals surface area contributed by atoms with Crippen LogP contribution in [-0.2, 0) is 4.43 Å². The molecule has 1 amide bonds. The van der Waals surface area contributed by atoms with Gasteiger partial charge in [-0.25, -0.2) is 4.79 Å². The number of nitrogens with zero attached hydrogens (tertiary/aromatic N) is 3. The van der Waals surface area contributed by atoms with E-state index in [9.17, 15) is 15.2 Å². The maximum absolute atomic E-state index is 11.6. The fourth-order valence-corrected chi connectivity index (χ4v) is 4.68. The molecule has 0 bridgehead atoms. The van der Waals surface area contributed by atoms with E-state index in [-0.39, 0.29) is 17.2 Å². The van der Waals surface area contributed by atoms with Crippen LogP contribution in [-0.4, -0.2) is 62.1 Å². The van der Waals surface area contributed by atoms with Gasteiger partial charge in [0.1, 0.15) is 0 Å². The molecule has 1 aromatic carbocycles. The van der Waals surface area contributed by atoms with E-state index in [1.165, 1.54) is 4.90 Å². The summed E-state index contributed by atoms with van der Waals surface area (Å²) < 4.78 is 6.55. The summed E-state index contributed by atoms with van der Waals surface area (Å²) in [4.78, 5) is 15.2. The number of rotatable bonds is 6. The number of likely N-dealkylation sites (N-methyl/N-ethyl adjacent to an activating group) is 1. The van der Waals surface area contributed by atoms with E-state index in [0.717, 1.165) is 25.1 Å². The number of carbonyl (C=O) groups is 1. The fraction of sp³-hybridized carbons (Fsp3) is 0.619. The Morgan fingerprint density at radius 3 is 2.71 bits per heavy atom. The zero-order chi connectivity index (χ0) is 21.1. The van der Waals surface area contributed by atoms with Gasteiger partial charge in [-0.05, 0) is 42.2 Å². The Bertz CT molecular complexity index is 739. The Kier molecular flexibility index (Phi) is 6.91. The maximum Gasteiger partial charge on any atom is 0.407 e. The highest BCUT2D eigenvalue weighted by atomic mass is 28.4. The zero-order valence-corrected chi connectivity index (χ0v) is 18.9. The van der Waals surface area contributed by atoms with Crippen molar-refractivity contribution in [3.05, 3.63) is 35.4 Å². The lowest BCUT2D eigenvalue weighted by Crippen LogP contribution is -2.45. The Morgan fingerprint density at radius 1 is 1.46 bits per heavy atom. The second kappa shape index (κ2) is 8.64. The molecule has 1 heterocycles. The molecule has 6 nitrogen and oxygen atoms in total. The highest BCUT2D eigenvalue weighted by Crippen LogP contribution is 2.38. The Labute approximate surface area is 169 Å². The summed E-state index contributed by atoms with van der Waals surface area (Å²) in [5.74, 6) is 0. The quantitative estimate of drug-likeness (QED) is 0.716. The number of hydrogen-bond donors (Lipinski definition) is 1. The van der Waals surface area contributed by atoms with E-state index in [4.69, 9.17) is 4.43 Å². The van der Waals surface area contributed by atoms with Crippen LogP contribution in [0.1, 0.15) is 44.4 Å². The molecule has 1 aromatic rings. The van der Waals surface area contributed by atoms with Crippen LogP contribution >= 0.6 is 0 Å². The van der Waals surface area contributed by atoms with E-state index >= 15 is 0 Å². The van der Waals surface area contributed by atoms with Crippen LogP contribution in [0.15, 0.2) is 24.3 Å². The summed E-state index contributed by atoms with van der Waals surface area (Å²) in [7, 11) is -0.234. The highest BCUT2D eigenvalue weighted by Gasteiger charge is 2.40. The molecular formula is C21H33N3O3Si. The van der Waals surface area contributed by atoms with E-state index in [0.29, 0.717) is 12.1 Å². The Hall–Kier alpha value is -1.88. The summed E-state index contributed by atoms with van der Waals surface area (Å²) in [6.07, 6.45) is 0.191. The minimum Gasteiger partial charge on any atom is -0.465 e. The summed E-state index contributed by atoms with van der Waals surface area (Å²) in [6.45, 7) is 13.6. The number of likely N-dealkylation sites (tertiary alicyclic amines) is 1. The van der Waals surface area contributed by atoms with Crippen molar-refractivity contribution in [1.29, 1.82) is 5.26 Å². The molecule has 2 rings (SSSR count). The van der Waals surface area contributed by atoms with Crippen molar-refractivity contribution < 1.29 is 14.3 Å². The van der Waals surface area contributed by atoms with Gasteiger partial charge in [0.05, 0.1) is 23.8 Å². The largest absolute Gasteiger partial charge is 0.465 e. The summed E-state index contributed by atoms with van der Waals surface area (Å²) in [6, 6.07) is 9.03. The maximum atomic E-state index is 11.6. The van der Waals surface area contributed by atoms with E-state index < -0.39 is 14.4 Å². The second-order valence-electron chi connectivity index (χ2n) is 9.19. The first kappa shape index (κ1) is 22.4. The van der Waals surface area contributed by atoms with Crippen molar-refractivity contribution in [2.24, 2.45) is 0 Å². The van der Waals surface area contributed by atoms with Gasteiger partial charge in [0.2, 0.25) is 0 Å². The van der Waals surface area contributed by atoms with Crippen LogP contribution in [0.3, 0.4) is 0 Å².